The summed E-state index contributed by atoms with van der Waals surface area (Å²) in [7, 11) is 0. The number of nitrogen functional groups attached to an aromatic ring is 1. The van der Waals surface area contributed by atoms with Crippen LogP contribution in [0.3, 0.4) is 0 Å². The van der Waals surface area contributed by atoms with E-state index >= 15 is 0 Å². The van der Waals surface area contributed by atoms with Crippen LogP contribution in [-0.2, 0) is 21.7 Å². The highest BCUT2D eigenvalue weighted by molar-refractivity contribution is 6.33. The van der Waals surface area contributed by atoms with E-state index in [2.05, 4.69) is 180 Å². The van der Waals surface area contributed by atoms with Gasteiger partial charge in [0.15, 0.2) is 23.0 Å². The molecule has 14 aromatic rings. The van der Waals surface area contributed by atoms with E-state index in [4.69, 9.17) is 86.1 Å². The number of benzene rings is 8. The van der Waals surface area contributed by atoms with Crippen molar-refractivity contribution in [3.63, 3.8) is 0 Å². The molecule has 0 radical (unpaired) electrons. The van der Waals surface area contributed by atoms with Gasteiger partial charge in [0.2, 0.25) is 33.7 Å². The minimum atomic E-state index is -0.408. The molecule has 0 bridgehead atoms. The lowest BCUT2D eigenvalue weighted by Gasteiger charge is -2.33. The molecule has 6 aromatic heterocycles. The number of halogens is 3. The molecule has 0 aliphatic carbocycles. The Morgan fingerprint density at radius 3 is 0.678 bits per heavy atom. The van der Waals surface area contributed by atoms with Gasteiger partial charge in [-0.3, -0.25) is 0 Å². The monoisotopic (exact) mass is 1610 g/mol. The number of aromatic hydroxyl groups is 4. The molecule has 0 aliphatic heterocycles. The summed E-state index contributed by atoms with van der Waals surface area (Å²) in [5.41, 5.74) is 16.8. The number of nitrogens with one attached hydrogen (secondary N) is 3. The summed E-state index contributed by atoms with van der Waals surface area (Å²) in [6.45, 7) is 44.0. The Bertz CT molecular complexity index is 5330. The van der Waals surface area contributed by atoms with Crippen LogP contribution in [0, 0.1) is 21.7 Å². The zero-order valence-electron chi connectivity index (χ0n) is 68.7. The molecule has 14 rings (SSSR count). The van der Waals surface area contributed by atoms with Gasteiger partial charge in [0.25, 0.3) is 0 Å². The van der Waals surface area contributed by atoms with Crippen molar-refractivity contribution in [2.24, 2.45) is 21.7 Å². The number of phenolic OH excluding ortho intramolecular Hbond substituents is 4. The maximum Gasteiger partial charge on any atom is 0.233 e. The van der Waals surface area contributed by atoms with Crippen LogP contribution >= 0.6 is 34.8 Å². The number of aromatic nitrogens is 18. The summed E-state index contributed by atoms with van der Waals surface area (Å²) in [5, 5.41) is 95.5. The van der Waals surface area contributed by atoms with Gasteiger partial charge in [-0.15, -0.1) is 60.0 Å². The first-order valence-corrected chi connectivity index (χ1v) is 39.1. The van der Waals surface area contributed by atoms with Crippen LogP contribution in [0.5, 0.6) is 23.0 Å². The van der Waals surface area contributed by atoms with E-state index in [0.717, 1.165) is 59.0 Å². The Hall–Kier alpha value is -11.4. The zero-order valence-corrected chi connectivity index (χ0v) is 71.0. The molecule has 0 unspecified atom stereocenters. The van der Waals surface area contributed by atoms with Gasteiger partial charge in [0, 0.05) is 0 Å². The third kappa shape index (κ3) is 19.9. The van der Waals surface area contributed by atoms with Gasteiger partial charge in [0.1, 0.15) is 66.9 Å². The second-order valence-electron chi connectivity index (χ2n) is 36.8. The van der Waals surface area contributed by atoms with Gasteiger partial charge in [-0.05, 0) is 223 Å². The highest BCUT2D eigenvalue weighted by Gasteiger charge is 2.35. The summed E-state index contributed by atoms with van der Waals surface area (Å²) in [6.07, 6.45) is 3.38. The maximum absolute atomic E-state index is 12.4. The Labute approximate surface area is 684 Å². The highest BCUT2D eigenvalue weighted by Crippen LogP contribution is 2.48. The molecule has 26 nitrogen and oxygen atoms in total. The fraction of sp³-hybridized carbons (Fsp3) is 0.372. The zero-order chi connectivity index (χ0) is 83.4. The van der Waals surface area contributed by atoms with Crippen LogP contribution in [-0.4, -0.2) is 110 Å². The van der Waals surface area contributed by atoms with Gasteiger partial charge < -0.3 is 42.1 Å². The predicted octanol–water partition coefficient (Wildman–Crippen LogP) is 20.8. The summed E-state index contributed by atoms with van der Waals surface area (Å²) in [6, 6.07) is 45.5. The topological polar surface area (TPSA) is 343 Å². The van der Waals surface area contributed by atoms with Crippen molar-refractivity contribution in [2.75, 3.05) is 21.7 Å². The molecular formula is C86H101Cl3N22O4. The lowest BCUT2D eigenvalue weighted by molar-refractivity contribution is 0.283. The van der Waals surface area contributed by atoms with Crippen LogP contribution in [0.15, 0.2) is 146 Å². The molecule has 0 saturated carbocycles. The standard InChI is InChI=1S/C63H75N15O3.C20H26N4O.C3Cl3N3/c1-58(2,3)34-61(10,11)37-28-46(52(79)49(31-37)76-70-40-22-16-17-23-41(40)71-76)64-55-67-56(65-47-29-38(62(12,13)35-59(4,5)6)32-50(53(47)80)77-72-42-24-18-19-25-43(42)73-77)69-57(68-55)66-48-30-39(63(14,15)36-60(7,8)9)33-51(54(48)81)78-74-44-26-20-21-27-45(44)75-78;1-19(2,3)12-20(4,5)13-10-14(21)18(25)17(11-13)24-22-15-8-6-7-9-16(15)23-24;4-1-7-2(5)9-3(6)8-1/h16-33,79-81H,34-36H2,1-15H3,(H3,64,65,66,67,68,69);6-11,25H,12,21H2,1-5H3;. The highest BCUT2D eigenvalue weighted by atomic mass is 35.5. The van der Waals surface area contributed by atoms with Crippen molar-refractivity contribution in [1.29, 1.82) is 0 Å². The van der Waals surface area contributed by atoms with Crippen molar-refractivity contribution in [1.82, 2.24) is 89.9 Å². The molecule has 600 valence electrons. The molecule has 6 heterocycles. The quantitative estimate of drug-likeness (QED) is 0.0292. The molecule has 0 amide bonds. The third-order valence-corrected chi connectivity index (χ3v) is 19.8. The van der Waals surface area contributed by atoms with Crippen molar-refractivity contribution < 1.29 is 20.4 Å². The summed E-state index contributed by atoms with van der Waals surface area (Å²) in [4.78, 5) is 31.1. The van der Waals surface area contributed by atoms with Crippen LogP contribution in [0.2, 0.25) is 15.9 Å². The minimum absolute atomic E-state index is 0.000000000000000444. The van der Waals surface area contributed by atoms with Crippen molar-refractivity contribution in [3.05, 3.63) is 184 Å². The lowest BCUT2D eigenvalue weighted by Crippen LogP contribution is -2.25. The Morgan fingerprint density at radius 1 is 0.287 bits per heavy atom. The van der Waals surface area contributed by atoms with E-state index in [9.17, 15) is 20.4 Å². The number of hydrogen-bond donors (Lipinski definition) is 8. The molecular weight excluding hydrogens is 1510 g/mol. The van der Waals surface area contributed by atoms with Gasteiger partial charge in [-0.25, -0.2) is 0 Å². The van der Waals surface area contributed by atoms with E-state index in [-0.39, 0.29) is 101 Å². The second kappa shape index (κ2) is 31.4. The first-order chi connectivity index (χ1) is 53.6. The number of nitrogens with two attached hydrogens (primary N) is 1. The van der Waals surface area contributed by atoms with Crippen LogP contribution in [0.4, 0.5) is 40.6 Å². The molecule has 8 aromatic carbocycles. The van der Waals surface area contributed by atoms with E-state index in [1.54, 1.807) is 0 Å². The van der Waals surface area contributed by atoms with Gasteiger partial charge >= 0.3 is 0 Å². The molecule has 0 atom stereocenters. The lowest BCUT2D eigenvalue weighted by atomic mass is 9.72. The van der Waals surface area contributed by atoms with Crippen LogP contribution in [0.25, 0.3) is 66.9 Å². The molecule has 0 saturated heterocycles. The van der Waals surface area contributed by atoms with Gasteiger partial charge in [-0.1, -0.05) is 187 Å². The van der Waals surface area contributed by atoms with Gasteiger partial charge in [-0.2, -0.15) is 29.9 Å². The number of anilines is 7. The summed E-state index contributed by atoms with van der Waals surface area (Å²) in [5.74, 6) is -0.424. The normalized spacial score (nSPS) is 12.6. The van der Waals surface area contributed by atoms with E-state index in [0.29, 0.717) is 61.5 Å². The number of fused-ring (bicyclic) bond motifs is 4. The van der Waals surface area contributed by atoms with Crippen molar-refractivity contribution in [3.8, 4) is 45.7 Å². The van der Waals surface area contributed by atoms with Gasteiger partial charge in [0.05, 0.1) is 22.7 Å². The Morgan fingerprint density at radius 2 is 0.478 bits per heavy atom. The molecule has 115 heavy (non-hydrogen) atoms. The Kier molecular flexibility index (Phi) is 22.7. The van der Waals surface area contributed by atoms with E-state index in [1.165, 1.54) is 19.2 Å². The maximum atomic E-state index is 12.4. The first-order valence-electron chi connectivity index (χ1n) is 38.0. The predicted molar refractivity (Wildman–Crippen MR) is 459 cm³/mol. The van der Waals surface area contributed by atoms with E-state index < -0.39 is 16.2 Å². The fourth-order valence-corrected chi connectivity index (χ4v) is 16.4. The first kappa shape index (κ1) is 83.1. The molecule has 0 fully saturated rings. The average Bonchev–Trinajstić information content (AvgIpc) is 1.72. The number of nitrogens with zero attached hydrogens (tertiary/aromatic N) is 18. The van der Waals surface area contributed by atoms with Crippen molar-refractivity contribution >= 4 is 120 Å². The molecule has 0 spiro atoms. The van der Waals surface area contributed by atoms with E-state index in [1.807, 2.05) is 146 Å². The van der Waals surface area contributed by atoms with Crippen LogP contribution in [0.1, 0.15) is 186 Å². The smallest absolute Gasteiger partial charge is 0.233 e. The summed E-state index contributed by atoms with van der Waals surface area (Å²) >= 11 is 16.0. The summed E-state index contributed by atoms with van der Waals surface area (Å²) < 4.78 is 0. The second-order valence-corrected chi connectivity index (χ2v) is 37.8. The van der Waals surface area contributed by atoms with Crippen LogP contribution < -0.4 is 21.7 Å². The number of rotatable bonds is 18. The third-order valence-electron chi connectivity index (χ3n) is 19.3. The van der Waals surface area contributed by atoms with Crippen molar-refractivity contribution in [2.45, 2.75) is 186 Å². The fourth-order valence-electron chi connectivity index (χ4n) is 15.7. The largest absolute Gasteiger partial charge is 0.504 e. The minimum Gasteiger partial charge on any atom is -0.504 e. The number of phenols is 4. The molecule has 9 N–H and O–H groups in total. The SMILES string of the molecule is CC(C)(C)CC(C)(C)c1cc(N)c(O)c(-n2nc3ccccc3n2)c1.CC(C)(C)CC(C)(C)c1cc(Nc2nc(Nc3cc(C(C)(C)CC(C)(C)C)cc(-n4nc5ccccc5n4)c3O)nc(Nc3cc(C(C)(C)CC(C)(C)C)cc(-n4nc5ccccc5n4)c3O)n2)c(O)c(-n2nc3ccccc3n2)c1.Clc1nc(Cl)nc(Cl)n1. The molecule has 29 heteroatoms. The average molecular weight is 1610 g/mol. The molecule has 0 aliphatic rings. The number of hydrogen-bond acceptors (Lipinski definition) is 22. The Balaban J connectivity index is 0.000000294.